The number of anilines is 3. The predicted molar refractivity (Wildman–Crippen MR) is 217 cm³/mol. The van der Waals surface area contributed by atoms with Crippen LogP contribution in [0.25, 0.3) is 61.5 Å². The molecule has 0 radical (unpaired) electrons. The Morgan fingerprint density at radius 2 is 1.06 bits per heavy atom. The van der Waals surface area contributed by atoms with Crippen LogP contribution in [0.2, 0.25) is 0 Å². The highest BCUT2D eigenvalue weighted by molar-refractivity contribution is 6.24. The molecule has 0 fully saturated rings. The third-order valence-corrected chi connectivity index (χ3v) is 10.9. The van der Waals surface area contributed by atoms with Gasteiger partial charge in [0.15, 0.2) is 0 Å². The van der Waals surface area contributed by atoms with E-state index >= 15 is 0 Å². The van der Waals surface area contributed by atoms with Crippen LogP contribution in [-0.4, -0.2) is 4.57 Å². The zero-order valence-corrected chi connectivity index (χ0v) is 28.7. The van der Waals surface area contributed by atoms with E-state index in [0.29, 0.717) is 0 Å². The summed E-state index contributed by atoms with van der Waals surface area (Å²) in [6.07, 6.45) is 4.55. The van der Waals surface area contributed by atoms with Crippen LogP contribution < -0.4 is 4.90 Å². The Balaban J connectivity index is 1.03. The number of benzene rings is 8. The highest BCUT2D eigenvalue weighted by Gasteiger charge is 2.36. The molecule has 0 aliphatic heterocycles. The topological polar surface area (TPSA) is 8.17 Å². The van der Waals surface area contributed by atoms with Crippen molar-refractivity contribution in [2.75, 3.05) is 4.90 Å². The van der Waals surface area contributed by atoms with E-state index in [0.717, 1.165) is 11.4 Å². The van der Waals surface area contributed by atoms with Crippen molar-refractivity contribution in [2.24, 2.45) is 0 Å². The van der Waals surface area contributed by atoms with Crippen LogP contribution in [0.1, 0.15) is 36.1 Å². The van der Waals surface area contributed by atoms with Gasteiger partial charge in [-0.2, -0.15) is 0 Å². The first-order valence-corrected chi connectivity index (χ1v) is 17.8. The summed E-state index contributed by atoms with van der Waals surface area (Å²) in [5, 5.41) is 5.22. The largest absolute Gasteiger partial charge is 0.310 e. The summed E-state index contributed by atoms with van der Waals surface area (Å²) in [7, 11) is 0. The molecule has 0 bridgehead atoms. The Bertz CT molecular complexity index is 2710. The van der Waals surface area contributed by atoms with Crippen molar-refractivity contribution in [3.63, 3.8) is 0 Å². The van der Waals surface area contributed by atoms with Gasteiger partial charge >= 0.3 is 0 Å². The highest BCUT2D eigenvalue weighted by Crippen LogP contribution is 2.51. The molecule has 242 valence electrons. The fourth-order valence-electron chi connectivity index (χ4n) is 8.45. The van der Waals surface area contributed by atoms with Crippen molar-refractivity contribution in [1.82, 2.24) is 4.57 Å². The number of fused-ring (bicyclic) bond motifs is 3. The molecule has 2 nitrogen and oxygen atoms in total. The molecule has 0 atom stereocenters. The van der Waals surface area contributed by atoms with Crippen LogP contribution in [0.15, 0.2) is 170 Å². The molecule has 0 unspecified atom stereocenters. The summed E-state index contributed by atoms with van der Waals surface area (Å²) in [5.41, 5.74) is 14.8. The normalized spacial score (nSPS) is 13.4. The second-order valence-electron chi connectivity index (χ2n) is 14.2. The Labute approximate surface area is 298 Å². The highest BCUT2D eigenvalue weighted by atomic mass is 15.1. The zero-order chi connectivity index (χ0) is 34.1. The predicted octanol–water partition coefficient (Wildman–Crippen LogP) is 13.3. The van der Waals surface area contributed by atoms with Crippen molar-refractivity contribution in [3.05, 3.63) is 192 Å². The van der Waals surface area contributed by atoms with Crippen molar-refractivity contribution in [3.8, 4) is 16.8 Å². The molecule has 1 aliphatic carbocycles. The number of para-hydroxylation sites is 3. The molecule has 0 spiro atoms. The Kier molecular flexibility index (Phi) is 6.56. The fourth-order valence-corrected chi connectivity index (χ4v) is 8.45. The summed E-state index contributed by atoms with van der Waals surface area (Å²) in [6, 6.07) is 61.9. The summed E-state index contributed by atoms with van der Waals surface area (Å²) < 4.78 is 2.42. The van der Waals surface area contributed by atoms with Crippen LogP contribution in [-0.2, 0) is 5.41 Å². The second-order valence-corrected chi connectivity index (χ2v) is 14.2. The van der Waals surface area contributed by atoms with Crippen molar-refractivity contribution < 1.29 is 0 Å². The average Bonchev–Trinajstić information content (AvgIpc) is 3.63. The second kappa shape index (κ2) is 11.3. The molecule has 10 rings (SSSR count). The summed E-state index contributed by atoms with van der Waals surface area (Å²) >= 11 is 0. The first kappa shape index (κ1) is 29.5. The monoisotopic (exact) mass is 652 g/mol. The van der Waals surface area contributed by atoms with E-state index in [-0.39, 0.29) is 5.41 Å². The van der Waals surface area contributed by atoms with Gasteiger partial charge in [-0.25, -0.2) is 0 Å². The van der Waals surface area contributed by atoms with E-state index < -0.39 is 0 Å². The molecule has 0 saturated heterocycles. The molecule has 0 N–H and O–H groups in total. The molecule has 9 aromatic rings. The van der Waals surface area contributed by atoms with Crippen LogP contribution in [0.5, 0.6) is 0 Å². The third-order valence-electron chi connectivity index (χ3n) is 10.9. The molecule has 2 heteroatoms. The lowest BCUT2D eigenvalue weighted by atomic mass is 9.81. The van der Waals surface area contributed by atoms with Gasteiger partial charge in [0.1, 0.15) is 0 Å². The van der Waals surface area contributed by atoms with E-state index in [1.54, 1.807) is 0 Å². The fraction of sp³-hybridized carbons (Fsp3) is 0.0612. The van der Waals surface area contributed by atoms with Gasteiger partial charge in [-0.05, 0) is 111 Å². The minimum atomic E-state index is -0.147. The SMILES string of the molecule is CC1(C)c2cc(C=Cc3cc4ccc5cccc6c5c4c(c3)n6-c3ccccc3)ccc2-c2ccc(N(c3ccccc3)c3ccccc3)cc21. The first-order valence-electron chi connectivity index (χ1n) is 17.8. The first-order chi connectivity index (χ1) is 25.0. The molecule has 51 heavy (non-hydrogen) atoms. The zero-order valence-electron chi connectivity index (χ0n) is 28.7. The van der Waals surface area contributed by atoms with Gasteiger partial charge in [-0.1, -0.05) is 129 Å². The number of aromatic nitrogens is 1. The Hall–Kier alpha value is -6.38. The lowest BCUT2D eigenvalue weighted by molar-refractivity contribution is 0.660. The molecule has 1 aliphatic rings. The maximum Gasteiger partial charge on any atom is 0.0553 e. The third kappa shape index (κ3) is 4.64. The lowest BCUT2D eigenvalue weighted by Crippen LogP contribution is -2.16. The van der Waals surface area contributed by atoms with Gasteiger partial charge < -0.3 is 9.47 Å². The van der Waals surface area contributed by atoms with Crippen molar-refractivity contribution in [1.29, 1.82) is 0 Å². The number of nitrogens with zero attached hydrogens (tertiary/aromatic N) is 2. The van der Waals surface area contributed by atoms with Crippen molar-refractivity contribution >= 4 is 61.8 Å². The van der Waals surface area contributed by atoms with Gasteiger partial charge in [-0.3, -0.25) is 0 Å². The maximum atomic E-state index is 2.42. The minimum absolute atomic E-state index is 0.147. The van der Waals surface area contributed by atoms with Crippen LogP contribution in [0.4, 0.5) is 17.1 Å². The number of rotatable bonds is 6. The van der Waals surface area contributed by atoms with E-state index in [9.17, 15) is 0 Å². The van der Waals surface area contributed by atoms with Gasteiger partial charge in [0.05, 0.1) is 11.0 Å². The molecular formula is C49H36N2. The average molecular weight is 653 g/mol. The maximum absolute atomic E-state index is 2.42. The van der Waals surface area contributed by atoms with E-state index in [1.165, 1.54) is 77.3 Å². The molecule has 0 amide bonds. The minimum Gasteiger partial charge on any atom is -0.310 e. The molecule has 1 aromatic heterocycles. The van der Waals surface area contributed by atoms with Gasteiger partial charge in [0, 0.05) is 38.9 Å². The van der Waals surface area contributed by atoms with Gasteiger partial charge in [0.2, 0.25) is 0 Å². The summed E-state index contributed by atoms with van der Waals surface area (Å²) in [6.45, 7) is 4.73. The molecule has 1 heterocycles. The summed E-state index contributed by atoms with van der Waals surface area (Å²) in [4.78, 5) is 2.35. The standard InChI is InChI=1S/C49H36N2/c1-49(2)43-30-33(23-27-41(43)42-28-26-40(32-44(42)49)50(37-14-6-3-7-15-37)38-16-8-4-9-17-38)21-22-34-29-36-25-24-35-13-12-20-45-47(35)48(36)46(31-34)51(45)39-18-10-5-11-19-39/h3-32H,1-2H3. The van der Waals surface area contributed by atoms with E-state index in [2.05, 4.69) is 205 Å². The van der Waals surface area contributed by atoms with Gasteiger partial charge in [0.25, 0.3) is 0 Å². The lowest BCUT2D eigenvalue weighted by Gasteiger charge is -2.28. The summed E-state index contributed by atoms with van der Waals surface area (Å²) in [5.74, 6) is 0. The quantitative estimate of drug-likeness (QED) is 0.128. The molecule has 0 saturated carbocycles. The van der Waals surface area contributed by atoms with Gasteiger partial charge in [-0.15, -0.1) is 0 Å². The Morgan fingerprint density at radius 3 is 1.78 bits per heavy atom. The van der Waals surface area contributed by atoms with E-state index in [1.807, 2.05) is 0 Å². The number of hydrogen-bond acceptors (Lipinski definition) is 1. The van der Waals surface area contributed by atoms with Crippen LogP contribution >= 0.6 is 0 Å². The van der Waals surface area contributed by atoms with Crippen molar-refractivity contribution in [2.45, 2.75) is 19.3 Å². The molecule has 8 aromatic carbocycles. The van der Waals surface area contributed by atoms with E-state index in [4.69, 9.17) is 0 Å². The Morgan fingerprint density at radius 1 is 0.451 bits per heavy atom. The number of hydrogen-bond donors (Lipinski definition) is 0. The molecular weight excluding hydrogens is 617 g/mol. The van der Waals surface area contributed by atoms with Crippen LogP contribution in [0, 0.1) is 0 Å². The smallest absolute Gasteiger partial charge is 0.0553 e. The van der Waals surface area contributed by atoms with Crippen LogP contribution in [0.3, 0.4) is 0 Å².